The van der Waals surface area contributed by atoms with Gasteiger partial charge in [0.05, 0.1) is 28.0 Å². The number of aliphatic hydroxyl groups is 1. The maximum absolute atomic E-state index is 9.62. The fourth-order valence-corrected chi connectivity index (χ4v) is 5.26. The topological polar surface area (TPSA) is 49.2 Å². The molecular formula is C19H21Cl2N3OS. The van der Waals surface area contributed by atoms with Crippen molar-refractivity contribution in [3.8, 4) is 0 Å². The SMILES string of the molecule is Cc1nc(N2CCC3(CC2)CC(O)C3)cnc1Sc1cccc(Cl)c1Cl. The summed E-state index contributed by atoms with van der Waals surface area (Å²) in [7, 11) is 0. The summed E-state index contributed by atoms with van der Waals surface area (Å²) < 4.78 is 0. The van der Waals surface area contributed by atoms with Crippen molar-refractivity contribution in [3.05, 3.63) is 40.1 Å². The molecule has 7 heteroatoms. The average Bonchev–Trinajstić information content (AvgIpc) is 2.60. The Labute approximate surface area is 167 Å². The van der Waals surface area contributed by atoms with Gasteiger partial charge in [-0.2, -0.15) is 0 Å². The molecule has 2 aliphatic rings. The van der Waals surface area contributed by atoms with Gasteiger partial charge >= 0.3 is 0 Å². The van der Waals surface area contributed by atoms with E-state index in [0.717, 1.165) is 60.2 Å². The molecule has 1 aliphatic heterocycles. The Morgan fingerprint density at radius 2 is 1.96 bits per heavy atom. The Hall–Kier alpha value is -1.01. The van der Waals surface area contributed by atoms with Crippen molar-refractivity contribution in [2.45, 2.75) is 48.6 Å². The van der Waals surface area contributed by atoms with Crippen molar-refractivity contribution in [3.63, 3.8) is 0 Å². The minimum absolute atomic E-state index is 0.0850. The molecule has 1 saturated carbocycles. The van der Waals surface area contributed by atoms with Crippen LogP contribution >= 0.6 is 35.0 Å². The van der Waals surface area contributed by atoms with E-state index in [1.807, 2.05) is 25.3 Å². The first-order valence-corrected chi connectivity index (χ1v) is 10.4. The van der Waals surface area contributed by atoms with Crippen LogP contribution in [-0.4, -0.2) is 34.3 Å². The van der Waals surface area contributed by atoms with Gasteiger partial charge < -0.3 is 10.0 Å². The van der Waals surface area contributed by atoms with E-state index in [4.69, 9.17) is 28.2 Å². The number of nitrogens with zero attached hydrogens (tertiary/aromatic N) is 3. The van der Waals surface area contributed by atoms with Crippen LogP contribution in [0.25, 0.3) is 0 Å². The lowest BCUT2D eigenvalue weighted by Crippen LogP contribution is -2.49. The summed E-state index contributed by atoms with van der Waals surface area (Å²) in [6.07, 6.45) is 5.93. The highest BCUT2D eigenvalue weighted by atomic mass is 35.5. The molecule has 0 unspecified atom stereocenters. The van der Waals surface area contributed by atoms with Crippen molar-refractivity contribution >= 4 is 40.8 Å². The molecular weight excluding hydrogens is 389 g/mol. The Kier molecular flexibility index (Phi) is 5.08. The standard InChI is InChI=1S/C19H21Cl2N3OS/c1-12-18(26-15-4-2-3-14(20)17(15)21)22-11-16(23-12)24-7-5-19(6-8-24)9-13(25)10-19/h2-4,11,13,25H,5-10H2,1H3. The Morgan fingerprint density at radius 1 is 1.23 bits per heavy atom. The summed E-state index contributed by atoms with van der Waals surface area (Å²) in [6.45, 7) is 3.94. The van der Waals surface area contributed by atoms with Gasteiger partial charge in [0.1, 0.15) is 10.8 Å². The molecule has 0 radical (unpaired) electrons. The number of hydrogen-bond acceptors (Lipinski definition) is 5. The van der Waals surface area contributed by atoms with E-state index >= 15 is 0 Å². The molecule has 1 spiro atoms. The van der Waals surface area contributed by atoms with E-state index in [1.165, 1.54) is 11.8 Å². The van der Waals surface area contributed by atoms with Gasteiger partial charge in [-0.3, -0.25) is 0 Å². The third-order valence-corrected chi connectivity index (χ3v) is 7.58. The fraction of sp³-hybridized carbons (Fsp3) is 0.474. The smallest absolute Gasteiger partial charge is 0.147 e. The van der Waals surface area contributed by atoms with Crippen molar-refractivity contribution in [2.75, 3.05) is 18.0 Å². The van der Waals surface area contributed by atoms with Crippen LogP contribution in [0, 0.1) is 12.3 Å². The van der Waals surface area contributed by atoms with Crippen molar-refractivity contribution < 1.29 is 5.11 Å². The lowest BCUT2D eigenvalue weighted by molar-refractivity contribution is -0.0464. The number of anilines is 1. The zero-order chi connectivity index (χ0) is 18.3. The molecule has 2 fully saturated rings. The number of benzene rings is 1. The van der Waals surface area contributed by atoms with Crippen LogP contribution in [0.4, 0.5) is 5.82 Å². The van der Waals surface area contributed by atoms with Gasteiger partial charge in [-0.15, -0.1) is 0 Å². The number of rotatable bonds is 3. The number of aromatic nitrogens is 2. The third kappa shape index (κ3) is 3.55. The molecule has 1 aliphatic carbocycles. The lowest BCUT2D eigenvalue weighted by atomic mass is 9.61. The monoisotopic (exact) mass is 409 g/mol. The molecule has 1 aromatic heterocycles. The molecule has 0 amide bonds. The largest absolute Gasteiger partial charge is 0.393 e. The second-order valence-corrected chi connectivity index (χ2v) is 9.14. The highest BCUT2D eigenvalue weighted by Gasteiger charge is 2.45. The van der Waals surface area contributed by atoms with Gasteiger partial charge in [0, 0.05) is 18.0 Å². The van der Waals surface area contributed by atoms with E-state index in [0.29, 0.717) is 15.5 Å². The van der Waals surface area contributed by atoms with E-state index in [-0.39, 0.29) is 6.10 Å². The minimum atomic E-state index is -0.0850. The first kappa shape index (κ1) is 18.4. The molecule has 26 heavy (non-hydrogen) atoms. The van der Waals surface area contributed by atoms with Gasteiger partial charge in [-0.05, 0) is 50.2 Å². The maximum atomic E-state index is 9.62. The third-order valence-electron chi connectivity index (χ3n) is 5.50. The van der Waals surface area contributed by atoms with Gasteiger partial charge in [0.2, 0.25) is 0 Å². The molecule has 0 bridgehead atoms. The quantitative estimate of drug-likeness (QED) is 0.773. The molecule has 1 saturated heterocycles. The summed E-state index contributed by atoms with van der Waals surface area (Å²) >= 11 is 13.9. The summed E-state index contributed by atoms with van der Waals surface area (Å²) in [6, 6.07) is 5.60. The highest BCUT2D eigenvalue weighted by Crippen LogP contribution is 2.49. The van der Waals surface area contributed by atoms with Crippen molar-refractivity contribution in [1.29, 1.82) is 0 Å². The first-order chi connectivity index (χ1) is 12.5. The van der Waals surface area contributed by atoms with Gasteiger partial charge in [0.15, 0.2) is 0 Å². The number of hydrogen-bond donors (Lipinski definition) is 1. The van der Waals surface area contributed by atoms with E-state index in [2.05, 4.69) is 9.88 Å². The number of aryl methyl sites for hydroxylation is 1. The van der Waals surface area contributed by atoms with Crippen LogP contribution in [0.3, 0.4) is 0 Å². The van der Waals surface area contributed by atoms with E-state index < -0.39 is 0 Å². The predicted molar refractivity (Wildman–Crippen MR) is 106 cm³/mol. The molecule has 4 nitrogen and oxygen atoms in total. The fourth-order valence-electron chi connectivity index (χ4n) is 3.94. The highest BCUT2D eigenvalue weighted by molar-refractivity contribution is 7.99. The molecule has 2 aromatic rings. The molecule has 1 N–H and O–H groups in total. The molecule has 138 valence electrons. The Balaban J connectivity index is 1.46. The number of piperidine rings is 1. The summed E-state index contributed by atoms with van der Waals surface area (Å²) in [5.41, 5.74) is 1.26. The van der Waals surface area contributed by atoms with Crippen LogP contribution in [0.15, 0.2) is 34.3 Å². The van der Waals surface area contributed by atoms with Crippen molar-refractivity contribution in [2.24, 2.45) is 5.41 Å². The summed E-state index contributed by atoms with van der Waals surface area (Å²) in [5.74, 6) is 0.929. The van der Waals surface area contributed by atoms with Crippen LogP contribution in [0.2, 0.25) is 10.0 Å². The van der Waals surface area contributed by atoms with Crippen LogP contribution in [0.5, 0.6) is 0 Å². The second-order valence-electron chi connectivity index (χ2n) is 7.32. The number of halogens is 2. The Bertz CT molecular complexity index is 816. The van der Waals surface area contributed by atoms with Gasteiger partial charge in [-0.25, -0.2) is 9.97 Å². The zero-order valence-electron chi connectivity index (χ0n) is 14.6. The predicted octanol–water partition coefficient (Wildman–Crippen LogP) is 4.98. The normalized spacial score (nSPS) is 19.6. The lowest BCUT2D eigenvalue weighted by Gasteiger charge is -2.50. The van der Waals surface area contributed by atoms with Gasteiger partial charge in [-0.1, -0.05) is 41.0 Å². The van der Waals surface area contributed by atoms with Crippen LogP contribution in [0.1, 0.15) is 31.4 Å². The average molecular weight is 410 g/mol. The number of aliphatic hydroxyl groups excluding tert-OH is 1. The maximum Gasteiger partial charge on any atom is 0.147 e. The van der Waals surface area contributed by atoms with Crippen LogP contribution < -0.4 is 4.90 Å². The van der Waals surface area contributed by atoms with E-state index in [1.54, 1.807) is 6.07 Å². The summed E-state index contributed by atoms with van der Waals surface area (Å²) in [5, 5.41) is 11.6. The molecule has 2 heterocycles. The molecule has 0 atom stereocenters. The Morgan fingerprint density at radius 3 is 2.62 bits per heavy atom. The van der Waals surface area contributed by atoms with E-state index in [9.17, 15) is 5.11 Å². The van der Waals surface area contributed by atoms with Gasteiger partial charge in [0.25, 0.3) is 0 Å². The molecule has 4 rings (SSSR count). The summed E-state index contributed by atoms with van der Waals surface area (Å²) in [4.78, 5) is 12.6. The first-order valence-electron chi connectivity index (χ1n) is 8.84. The second kappa shape index (κ2) is 7.19. The van der Waals surface area contributed by atoms with Crippen LogP contribution in [-0.2, 0) is 0 Å². The van der Waals surface area contributed by atoms with Crippen molar-refractivity contribution in [1.82, 2.24) is 9.97 Å². The minimum Gasteiger partial charge on any atom is -0.393 e. The molecule has 1 aromatic carbocycles. The zero-order valence-corrected chi connectivity index (χ0v) is 16.9.